The highest BCUT2D eigenvalue weighted by atomic mass is 19.1. The van der Waals surface area contributed by atoms with Gasteiger partial charge in [0.25, 0.3) is 0 Å². The van der Waals surface area contributed by atoms with Crippen LogP contribution in [0, 0.1) is 5.82 Å². The predicted octanol–water partition coefficient (Wildman–Crippen LogP) is 3.51. The van der Waals surface area contributed by atoms with Crippen molar-refractivity contribution in [2.75, 3.05) is 5.32 Å². The van der Waals surface area contributed by atoms with E-state index in [1.54, 1.807) is 41.5 Å². The molecule has 0 bridgehead atoms. The van der Waals surface area contributed by atoms with E-state index in [0.717, 1.165) is 11.3 Å². The second kappa shape index (κ2) is 7.25. The average Bonchev–Trinajstić information content (AvgIpc) is 3.32. The van der Waals surface area contributed by atoms with Crippen molar-refractivity contribution < 1.29 is 9.18 Å². The number of para-hydroxylation sites is 1. The molecule has 4 aromatic rings. The van der Waals surface area contributed by atoms with Gasteiger partial charge in [0.05, 0.1) is 18.1 Å². The van der Waals surface area contributed by atoms with Crippen molar-refractivity contribution in [3.05, 3.63) is 85.1 Å². The number of carbonyl (C=O) groups is 1. The van der Waals surface area contributed by atoms with Gasteiger partial charge in [-0.15, -0.1) is 0 Å². The molecule has 0 spiro atoms. The molecule has 0 atom stereocenters. The molecular weight excluding hydrogens is 345 g/mol. The summed E-state index contributed by atoms with van der Waals surface area (Å²) in [4.78, 5) is 12.4. The van der Waals surface area contributed by atoms with Crippen molar-refractivity contribution in [2.24, 2.45) is 0 Å². The SMILES string of the molecule is O=C(Cn1cc(-c2cccc(F)c2)cn1)Nc1ccnn1-c1ccccc1. The minimum Gasteiger partial charge on any atom is -0.309 e. The third-order valence-electron chi connectivity index (χ3n) is 4.01. The smallest absolute Gasteiger partial charge is 0.247 e. The van der Waals surface area contributed by atoms with E-state index < -0.39 is 0 Å². The van der Waals surface area contributed by atoms with Crippen molar-refractivity contribution in [3.8, 4) is 16.8 Å². The summed E-state index contributed by atoms with van der Waals surface area (Å²) in [5.74, 6) is 0.0254. The lowest BCUT2D eigenvalue weighted by Gasteiger charge is -2.09. The van der Waals surface area contributed by atoms with Gasteiger partial charge in [0.1, 0.15) is 18.2 Å². The first-order chi connectivity index (χ1) is 13.2. The summed E-state index contributed by atoms with van der Waals surface area (Å²) < 4.78 is 16.5. The van der Waals surface area contributed by atoms with Gasteiger partial charge in [-0.3, -0.25) is 9.48 Å². The van der Waals surface area contributed by atoms with Crippen LogP contribution in [0.2, 0.25) is 0 Å². The molecule has 0 radical (unpaired) electrons. The number of anilines is 1. The highest BCUT2D eigenvalue weighted by Gasteiger charge is 2.11. The van der Waals surface area contributed by atoms with Crippen molar-refractivity contribution in [2.45, 2.75) is 6.54 Å². The van der Waals surface area contributed by atoms with Gasteiger partial charge in [-0.1, -0.05) is 30.3 Å². The van der Waals surface area contributed by atoms with E-state index in [0.29, 0.717) is 11.4 Å². The summed E-state index contributed by atoms with van der Waals surface area (Å²) >= 11 is 0. The molecule has 27 heavy (non-hydrogen) atoms. The Kier molecular flexibility index (Phi) is 4.49. The molecule has 2 aromatic carbocycles. The monoisotopic (exact) mass is 361 g/mol. The van der Waals surface area contributed by atoms with E-state index >= 15 is 0 Å². The molecular formula is C20H16FN5O. The summed E-state index contributed by atoms with van der Waals surface area (Å²) in [6.45, 7) is 0.0370. The Morgan fingerprint density at radius 3 is 2.67 bits per heavy atom. The number of aromatic nitrogens is 4. The summed E-state index contributed by atoms with van der Waals surface area (Å²) in [5.41, 5.74) is 2.31. The Balaban J connectivity index is 1.46. The number of benzene rings is 2. The van der Waals surface area contributed by atoms with Crippen LogP contribution >= 0.6 is 0 Å². The highest BCUT2D eigenvalue weighted by Crippen LogP contribution is 2.19. The van der Waals surface area contributed by atoms with Gasteiger partial charge < -0.3 is 5.32 Å². The van der Waals surface area contributed by atoms with E-state index in [9.17, 15) is 9.18 Å². The number of amides is 1. The van der Waals surface area contributed by atoms with Gasteiger partial charge in [-0.05, 0) is 29.8 Å². The number of hydrogen-bond acceptors (Lipinski definition) is 3. The number of rotatable bonds is 5. The number of hydrogen-bond donors (Lipinski definition) is 1. The van der Waals surface area contributed by atoms with Crippen LogP contribution in [0.4, 0.5) is 10.2 Å². The molecule has 1 N–H and O–H groups in total. The van der Waals surface area contributed by atoms with E-state index in [1.165, 1.54) is 16.8 Å². The van der Waals surface area contributed by atoms with E-state index in [4.69, 9.17) is 0 Å². The summed E-state index contributed by atoms with van der Waals surface area (Å²) in [6.07, 6.45) is 4.94. The van der Waals surface area contributed by atoms with Crippen LogP contribution in [0.25, 0.3) is 16.8 Å². The topological polar surface area (TPSA) is 64.7 Å². The first-order valence-electron chi connectivity index (χ1n) is 8.37. The quantitative estimate of drug-likeness (QED) is 0.592. The molecule has 0 aliphatic carbocycles. The summed E-state index contributed by atoms with van der Waals surface area (Å²) in [5, 5.41) is 11.3. The minimum absolute atomic E-state index is 0.0370. The average molecular weight is 361 g/mol. The van der Waals surface area contributed by atoms with Gasteiger partial charge in [0.2, 0.25) is 5.91 Å². The Bertz CT molecular complexity index is 1070. The number of nitrogens with one attached hydrogen (secondary N) is 1. The molecule has 0 unspecified atom stereocenters. The molecule has 2 aromatic heterocycles. The molecule has 0 aliphatic heterocycles. The van der Waals surface area contributed by atoms with Gasteiger partial charge in [0, 0.05) is 17.8 Å². The lowest BCUT2D eigenvalue weighted by molar-refractivity contribution is -0.116. The van der Waals surface area contributed by atoms with Crippen molar-refractivity contribution in [1.29, 1.82) is 0 Å². The van der Waals surface area contributed by atoms with Gasteiger partial charge >= 0.3 is 0 Å². The maximum atomic E-state index is 13.4. The first kappa shape index (κ1) is 16.7. The number of halogens is 1. The Hall–Kier alpha value is -3.74. The fourth-order valence-corrected chi connectivity index (χ4v) is 2.77. The van der Waals surface area contributed by atoms with Crippen molar-refractivity contribution >= 4 is 11.7 Å². The predicted molar refractivity (Wildman–Crippen MR) is 99.8 cm³/mol. The Labute approximate surface area is 154 Å². The largest absolute Gasteiger partial charge is 0.309 e. The Morgan fingerprint density at radius 2 is 1.85 bits per heavy atom. The third kappa shape index (κ3) is 3.77. The number of carbonyl (C=O) groups excluding carboxylic acids is 1. The van der Waals surface area contributed by atoms with Crippen LogP contribution in [0.1, 0.15) is 0 Å². The zero-order valence-electron chi connectivity index (χ0n) is 14.3. The standard InChI is InChI=1S/C20H16FN5O/c21-17-6-4-5-15(11-17)16-12-23-25(13-16)14-20(27)24-19-9-10-22-26(19)18-7-2-1-3-8-18/h1-13H,14H2,(H,24,27). The Morgan fingerprint density at radius 1 is 1.00 bits per heavy atom. The molecule has 0 saturated heterocycles. The number of nitrogens with zero attached hydrogens (tertiary/aromatic N) is 4. The summed E-state index contributed by atoms with van der Waals surface area (Å²) in [6, 6.07) is 17.5. The molecule has 2 heterocycles. The zero-order chi connectivity index (χ0) is 18.6. The van der Waals surface area contributed by atoms with Crippen LogP contribution in [0.3, 0.4) is 0 Å². The lowest BCUT2D eigenvalue weighted by atomic mass is 10.1. The molecule has 6 nitrogen and oxygen atoms in total. The normalized spacial score (nSPS) is 10.7. The third-order valence-corrected chi connectivity index (χ3v) is 4.01. The second-order valence-electron chi connectivity index (χ2n) is 5.95. The maximum Gasteiger partial charge on any atom is 0.247 e. The van der Waals surface area contributed by atoms with Crippen LogP contribution in [0.5, 0.6) is 0 Å². The minimum atomic E-state index is -0.313. The molecule has 7 heteroatoms. The van der Waals surface area contributed by atoms with E-state index in [-0.39, 0.29) is 18.3 Å². The van der Waals surface area contributed by atoms with Crippen LogP contribution < -0.4 is 5.32 Å². The molecule has 0 saturated carbocycles. The van der Waals surface area contributed by atoms with Crippen molar-refractivity contribution in [1.82, 2.24) is 19.6 Å². The van der Waals surface area contributed by atoms with Gasteiger partial charge in [-0.25, -0.2) is 9.07 Å². The zero-order valence-corrected chi connectivity index (χ0v) is 14.3. The van der Waals surface area contributed by atoms with Crippen LogP contribution in [-0.2, 0) is 11.3 Å². The maximum absolute atomic E-state index is 13.4. The van der Waals surface area contributed by atoms with Crippen LogP contribution in [-0.4, -0.2) is 25.5 Å². The van der Waals surface area contributed by atoms with Gasteiger partial charge in [0.15, 0.2) is 0 Å². The molecule has 134 valence electrons. The highest BCUT2D eigenvalue weighted by molar-refractivity contribution is 5.90. The van der Waals surface area contributed by atoms with Crippen molar-refractivity contribution in [3.63, 3.8) is 0 Å². The van der Waals surface area contributed by atoms with E-state index in [1.807, 2.05) is 30.3 Å². The molecule has 0 fully saturated rings. The fourth-order valence-electron chi connectivity index (χ4n) is 2.77. The fraction of sp³-hybridized carbons (Fsp3) is 0.0500. The van der Waals surface area contributed by atoms with Crippen LogP contribution in [0.15, 0.2) is 79.3 Å². The van der Waals surface area contributed by atoms with Gasteiger partial charge in [-0.2, -0.15) is 10.2 Å². The molecule has 4 rings (SSSR count). The second-order valence-corrected chi connectivity index (χ2v) is 5.95. The lowest BCUT2D eigenvalue weighted by Crippen LogP contribution is -2.20. The first-order valence-corrected chi connectivity index (χ1v) is 8.37. The molecule has 0 aliphatic rings. The van der Waals surface area contributed by atoms with E-state index in [2.05, 4.69) is 15.5 Å². The molecule has 1 amide bonds. The summed E-state index contributed by atoms with van der Waals surface area (Å²) in [7, 11) is 0.